The van der Waals surface area contributed by atoms with E-state index in [2.05, 4.69) is 31.9 Å². The zero-order chi connectivity index (χ0) is 18.7. The summed E-state index contributed by atoms with van der Waals surface area (Å²) in [5, 5.41) is 1.41. The van der Waals surface area contributed by atoms with E-state index < -0.39 is 0 Å². The number of hydrogen-bond donors (Lipinski definition) is 1. The highest BCUT2D eigenvalue weighted by atomic mass is 35.5. The van der Waals surface area contributed by atoms with Crippen LogP contribution in [0.25, 0.3) is 10.9 Å². The number of fused-ring (bicyclic) bond motifs is 1. The van der Waals surface area contributed by atoms with Gasteiger partial charge in [0.25, 0.3) is 0 Å². The minimum Gasteiger partial charge on any atom is -0.356 e. The van der Waals surface area contributed by atoms with Gasteiger partial charge in [-0.1, -0.05) is 51.8 Å². The maximum Gasteiger partial charge on any atom is 0.224 e. The fraction of sp³-hybridized carbons (Fsp3) is 0.579. The monoisotopic (exact) mass is 382 g/mol. The van der Waals surface area contributed by atoms with E-state index in [0.29, 0.717) is 11.2 Å². The first-order valence-corrected chi connectivity index (χ1v) is 10.8. The Morgan fingerprint density at radius 2 is 1.92 bits per heavy atom. The molecule has 1 fully saturated rings. The van der Waals surface area contributed by atoms with Gasteiger partial charge in [-0.2, -0.15) is 4.98 Å². The second-order valence-electron chi connectivity index (χ2n) is 5.34. The minimum absolute atomic E-state index is 0.327. The maximum absolute atomic E-state index is 6.10. The van der Waals surface area contributed by atoms with E-state index in [9.17, 15) is 0 Å². The van der Waals surface area contributed by atoms with Gasteiger partial charge in [0.15, 0.2) is 0 Å². The predicted octanol–water partition coefficient (Wildman–Crippen LogP) is 5.42. The summed E-state index contributed by atoms with van der Waals surface area (Å²) in [5.41, 5.74) is 0.914. The topological polar surface area (TPSA) is 41.0 Å². The van der Waals surface area contributed by atoms with Crippen molar-refractivity contribution in [1.82, 2.24) is 14.7 Å². The third-order valence-electron chi connectivity index (χ3n) is 3.89. The molecule has 0 spiro atoms. The molecular formula is C19H31ClN4S. The molecular weight excluding hydrogens is 352 g/mol. The highest BCUT2D eigenvalue weighted by Crippen LogP contribution is 2.29. The van der Waals surface area contributed by atoms with Crippen LogP contribution in [-0.4, -0.2) is 35.9 Å². The van der Waals surface area contributed by atoms with Gasteiger partial charge in [-0.25, -0.2) is 4.98 Å². The van der Waals surface area contributed by atoms with Crippen molar-refractivity contribution in [3.8, 4) is 0 Å². The lowest BCUT2D eigenvalue weighted by molar-refractivity contribution is 0.415. The van der Waals surface area contributed by atoms with Crippen molar-refractivity contribution < 1.29 is 0 Å². The van der Waals surface area contributed by atoms with Crippen molar-refractivity contribution in [3.63, 3.8) is 0 Å². The molecule has 0 amide bonds. The van der Waals surface area contributed by atoms with Gasteiger partial charge in [0, 0.05) is 25.0 Å². The molecule has 1 aliphatic heterocycles. The van der Waals surface area contributed by atoms with Crippen LogP contribution >= 0.6 is 23.5 Å². The molecule has 0 aliphatic carbocycles. The van der Waals surface area contributed by atoms with Crippen LogP contribution < -0.4 is 9.62 Å². The largest absolute Gasteiger partial charge is 0.356 e. The summed E-state index contributed by atoms with van der Waals surface area (Å²) in [6.45, 7) is 11.1. The average molecular weight is 383 g/mol. The standard InChI is InChI=1S/C15H19ClN4S.2C2H6/c1-21-17-9-11-5-4-8-20(10-11)14-12-6-2-3-7-13(12)18-15(16)19-14;2*1-2/h2-3,6-7,11,17H,4-5,8-10H2,1H3;2*1-2H3. The number of anilines is 1. The summed E-state index contributed by atoms with van der Waals surface area (Å²) in [6.07, 6.45) is 4.52. The van der Waals surface area contributed by atoms with E-state index in [4.69, 9.17) is 11.6 Å². The van der Waals surface area contributed by atoms with Crippen molar-refractivity contribution in [3.05, 3.63) is 29.5 Å². The van der Waals surface area contributed by atoms with Crippen LogP contribution in [0, 0.1) is 5.92 Å². The molecule has 1 saturated heterocycles. The first-order valence-electron chi connectivity index (χ1n) is 9.21. The third kappa shape index (κ3) is 6.32. The van der Waals surface area contributed by atoms with Gasteiger partial charge in [-0.05, 0) is 48.7 Å². The lowest BCUT2D eigenvalue weighted by Crippen LogP contribution is -2.39. The molecule has 4 nitrogen and oxygen atoms in total. The van der Waals surface area contributed by atoms with E-state index in [0.717, 1.165) is 36.4 Å². The molecule has 1 aromatic heterocycles. The van der Waals surface area contributed by atoms with E-state index in [1.165, 1.54) is 12.8 Å². The molecule has 3 rings (SSSR count). The van der Waals surface area contributed by atoms with E-state index in [-0.39, 0.29) is 0 Å². The molecule has 1 aliphatic rings. The van der Waals surface area contributed by atoms with Crippen LogP contribution in [0.15, 0.2) is 24.3 Å². The number of rotatable bonds is 4. The molecule has 25 heavy (non-hydrogen) atoms. The normalized spacial score (nSPS) is 16.6. The van der Waals surface area contributed by atoms with E-state index in [1.54, 1.807) is 11.9 Å². The lowest BCUT2D eigenvalue weighted by Gasteiger charge is -2.34. The van der Waals surface area contributed by atoms with E-state index in [1.807, 2.05) is 45.9 Å². The van der Waals surface area contributed by atoms with Crippen molar-refractivity contribution in [2.24, 2.45) is 5.92 Å². The SMILES string of the molecule is CC.CC.CSNCC1CCCN(c2nc(Cl)nc3ccccc23)C1. The zero-order valence-corrected chi connectivity index (χ0v) is 17.6. The number of halogens is 1. The molecule has 2 aromatic rings. The van der Waals surface area contributed by atoms with Gasteiger partial charge < -0.3 is 4.90 Å². The molecule has 2 heterocycles. The highest BCUT2D eigenvalue weighted by molar-refractivity contribution is 7.96. The molecule has 1 aromatic carbocycles. The van der Waals surface area contributed by atoms with Crippen LogP contribution in [0.5, 0.6) is 0 Å². The number of nitrogens with one attached hydrogen (secondary N) is 1. The smallest absolute Gasteiger partial charge is 0.224 e. The molecule has 1 atom stereocenters. The lowest BCUT2D eigenvalue weighted by atomic mass is 9.98. The van der Waals surface area contributed by atoms with Crippen molar-refractivity contribution >= 4 is 40.3 Å². The van der Waals surface area contributed by atoms with Crippen molar-refractivity contribution in [2.45, 2.75) is 40.5 Å². The van der Waals surface area contributed by atoms with E-state index >= 15 is 0 Å². The Morgan fingerprint density at radius 3 is 2.64 bits per heavy atom. The summed E-state index contributed by atoms with van der Waals surface area (Å²) < 4.78 is 3.37. The Hall–Kier alpha value is -1.04. The molecule has 140 valence electrons. The second-order valence-corrected chi connectivity index (χ2v) is 6.38. The molecule has 0 radical (unpaired) electrons. The Morgan fingerprint density at radius 1 is 1.20 bits per heavy atom. The molecule has 1 unspecified atom stereocenters. The van der Waals surface area contributed by atoms with Gasteiger partial charge in [-0.15, -0.1) is 0 Å². The molecule has 1 N–H and O–H groups in total. The number of nitrogens with zero attached hydrogens (tertiary/aromatic N) is 3. The number of benzene rings is 1. The van der Waals surface area contributed by atoms with Gasteiger partial charge >= 0.3 is 0 Å². The molecule has 0 saturated carbocycles. The Labute approximate surface area is 161 Å². The first-order chi connectivity index (χ1) is 12.3. The van der Waals surface area contributed by atoms with Crippen LogP contribution in [0.2, 0.25) is 5.28 Å². The van der Waals surface area contributed by atoms with Crippen LogP contribution in [0.1, 0.15) is 40.5 Å². The summed E-state index contributed by atoms with van der Waals surface area (Å²) in [5.74, 6) is 1.62. The Kier molecular flexibility index (Phi) is 10.9. The Balaban J connectivity index is 0.000000730. The first kappa shape index (κ1) is 22.0. The maximum atomic E-state index is 6.10. The van der Waals surface area contributed by atoms with Gasteiger partial charge in [0.1, 0.15) is 5.82 Å². The Bertz CT molecular complexity index is 623. The van der Waals surface area contributed by atoms with Gasteiger partial charge in [0.05, 0.1) is 5.52 Å². The predicted molar refractivity (Wildman–Crippen MR) is 114 cm³/mol. The summed E-state index contributed by atoms with van der Waals surface area (Å²) in [6, 6.07) is 8.07. The summed E-state index contributed by atoms with van der Waals surface area (Å²) >= 11 is 7.78. The summed E-state index contributed by atoms with van der Waals surface area (Å²) in [4.78, 5) is 11.2. The van der Waals surface area contributed by atoms with Crippen LogP contribution in [0.3, 0.4) is 0 Å². The summed E-state index contributed by atoms with van der Waals surface area (Å²) in [7, 11) is 0. The number of hydrogen-bond acceptors (Lipinski definition) is 5. The molecule has 0 bridgehead atoms. The number of aromatic nitrogens is 2. The van der Waals surface area contributed by atoms with Gasteiger partial charge in [0.2, 0.25) is 5.28 Å². The molecule has 6 heteroatoms. The fourth-order valence-corrected chi connectivity index (χ4v) is 3.47. The highest BCUT2D eigenvalue weighted by Gasteiger charge is 2.22. The quantitative estimate of drug-likeness (QED) is 0.564. The second kappa shape index (κ2) is 12.3. The van der Waals surface area contributed by atoms with Crippen molar-refractivity contribution in [1.29, 1.82) is 0 Å². The van der Waals surface area contributed by atoms with Crippen LogP contribution in [-0.2, 0) is 0 Å². The third-order valence-corrected chi connectivity index (χ3v) is 4.52. The average Bonchev–Trinajstić information content (AvgIpc) is 2.69. The number of piperidine rings is 1. The van der Waals surface area contributed by atoms with Crippen LogP contribution in [0.4, 0.5) is 5.82 Å². The zero-order valence-electron chi connectivity index (χ0n) is 16.1. The minimum atomic E-state index is 0.327. The van der Waals surface area contributed by atoms with Crippen molar-refractivity contribution in [2.75, 3.05) is 30.8 Å². The fourth-order valence-electron chi connectivity index (χ4n) is 2.90. The number of para-hydroxylation sites is 1. The van der Waals surface area contributed by atoms with Gasteiger partial charge in [-0.3, -0.25) is 4.72 Å².